The summed E-state index contributed by atoms with van der Waals surface area (Å²) in [4.78, 5) is 38.5. The van der Waals surface area contributed by atoms with Crippen molar-refractivity contribution in [3.05, 3.63) is 58.7 Å². The first kappa shape index (κ1) is 19.0. The molecule has 1 N–H and O–H groups in total. The molecule has 150 valence electrons. The fourth-order valence-corrected chi connectivity index (χ4v) is 3.55. The van der Waals surface area contributed by atoms with E-state index in [0.717, 1.165) is 16.0 Å². The normalized spacial score (nSPS) is 15.9. The summed E-state index contributed by atoms with van der Waals surface area (Å²) in [5.74, 6) is 0.426. The van der Waals surface area contributed by atoms with Gasteiger partial charge in [-0.25, -0.2) is 0 Å². The quantitative estimate of drug-likeness (QED) is 0.788. The summed E-state index contributed by atoms with van der Waals surface area (Å²) in [6, 6.07) is 10.5. The summed E-state index contributed by atoms with van der Waals surface area (Å²) in [5, 5.41) is 2.90. The molecule has 7 nitrogen and oxygen atoms in total. The number of fused-ring (bicyclic) bond motifs is 2. The number of hydrogen-bond donors (Lipinski definition) is 1. The first-order valence-corrected chi connectivity index (χ1v) is 9.60. The lowest BCUT2D eigenvalue weighted by molar-refractivity contribution is -0.121. The van der Waals surface area contributed by atoms with Gasteiger partial charge < -0.3 is 14.8 Å². The van der Waals surface area contributed by atoms with Gasteiger partial charge in [0.15, 0.2) is 11.5 Å². The molecule has 0 aliphatic carbocycles. The predicted molar refractivity (Wildman–Crippen MR) is 105 cm³/mol. The van der Waals surface area contributed by atoms with Crippen molar-refractivity contribution in [2.24, 2.45) is 0 Å². The SMILES string of the molecule is Cc1ccc2c(c1)C(=O)N(CCC(=O)N[C@@H](C)c1ccc3c(c1)OCCO3)C2=O. The summed E-state index contributed by atoms with van der Waals surface area (Å²) in [6.07, 6.45) is 0.0410. The van der Waals surface area contributed by atoms with Crippen LogP contribution in [0.3, 0.4) is 0 Å². The number of benzene rings is 2. The number of carbonyl (C=O) groups is 3. The molecule has 2 heterocycles. The molecule has 7 heteroatoms. The lowest BCUT2D eigenvalue weighted by Gasteiger charge is -2.21. The van der Waals surface area contributed by atoms with Gasteiger partial charge in [-0.15, -0.1) is 0 Å². The van der Waals surface area contributed by atoms with Crippen LogP contribution in [0.1, 0.15) is 51.2 Å². The molecule has 2 aromatic rings. The summed E-state index contributed by atoms with van der Waals surface area (Å²) in [7, 11) is 0. The van der Waals surface area contributed by atoms with Crippen molar-refractivity contribution in [2.75, 3.05) is 19.8 Å². The van der Waals surface area contributed by atoms with E-state index in [-0.39, 0.29) is 36.7 Å². The van der Waals surface area contributed by atoms with Crippen molar-refractivity contribution >= 4 is 17.7 Å². The zero-order valence-corrected chi connectivity index (χ0v) is 16.4. The van der Waals surface area contributed by atoms with Crippen LogP contribution in [0.4, 0.5) is 0 Å². The fourth-order valence-electron chi connectivity index (χ4n) is 3.55. The molecule has 1 atom stereocenters. The lowest BCUT2D eigenvalue weighted by atomic mass is 10.1. The Bertz CT molecular complexity index is 1000. The maximum Gasteiger partial charge on any atom is 0.261 e. The van der Waals surface area contributed by atoms with Crippen molar-refractivity contribution in [1.29, 1.82) is 0 Å². The Morgan fingerprint density at radius 3 is 2.55 bits per heavy atom. The van der Waals surface area contributed by atoms with Crippen LogP contribution in [0.15, 0.2) is 36.4 Å². The van der Waals surface area contributed by atoms with Gasteiger partial charge in [-0.1, -0.05) is 17.7 Å². The van der Waals surface area contributed by atoms with Crippen LogP contribution in [0.25, 0.3) is 0 Å². The first-order valence-electron chi connectivity index (χ1n) is 9.60. The van der Waals surface area contributed by atoms with Crippen LogP contribution in [-0.4, -0.2) is 42.4 Å². The molecule has 0 saturated carbocycles. The lowest BCUT2D eigenvalue weighted by Crippen LogP contribution is -2.35. The highest BCUT2D eigenvalue weighted by Gasteiger charge is 2.35. The van der Waals surface area contributed by atoms with Crippen LogP contribution >= 0.6 is 0 Å². The van der Waals surface area contributed by atoms with Crippen LogP contribution in [0.2, 0.25) is 0 Å². The minimum atomic E-state index is -0.349. The summed E-state index contributed by atoms with van der Waals surface area (Å²) >= 11 is 0. The third-order valence-corrected chi connectivity index (χ3v) is 5.13. The molecule has 0 aromatic heterocycles. The number of hydrogen-bond acceptors (Lipinski definition) is 5. The third kappa shape index (κ3) is 3.68. The number of rotatable bonds is 5. The standard InChI is InChI=1S/C22H22N2O5/c1-13-3-5-16-17(11-13)22(27)24(21(16)26)8-7-20(25)23-14(2)15-4-6-18-19(12-15)29-10-9-28-18/h3-6,11-12,14H,7-10H2,1-2H3,(H,23,25)/t14-/m0/s1. The zero-order valence-electron chi connectivity index (χ0n) is 16.4. The Hall–Kier alpha value is -3.35. The van der Waals surface area contributed by atoms with E-state index in [4.69, 9.17) is 9.47 Å². The van der Waals surface area contributed by atoms with Crippen LogP contribution in [0.5, 0.6) is 11.5 Å². The third-order valence-electron chi connectivity index (χ3n) is 5.13. The second-order valence-corrected chi connectivity index (χ2v) is 7.25. The second-order valence-electron chi connectivity index (χ2n) is 7.25. The molecule has 2 aliphatic heterocycles. The molecule has 0 radical (unpaired) electrons. The maximum absolute atomic E-state index is 12.5. The van der Waals surface area contributed by atoms with E-state index < -0.39 is 0 Å². The number of nitrogens with one attached hydrogen (secondary N) is 1. The Kier molecular flexibility index (Phi) is 4.96. The fraction of sp³-hybridized carbons (Fsp3) is 0.318. The van der Waals surface area contributed by atoms with E-state index in [2.05, 4.69) is 5.32 Å². The highest BCUT2D eigenvalue weighted by molar-refractivity contribution is 6.21. The molecule has 0 bridgehead atoms. The first-order chi connectivity index (χ1) is 13.9. The summed E-state index contributed by atoms with van der Waals surface area (Å²) in [5.41, 5.74) is 2.60. The Morgan fingerprint density at radius 2 is 1.76 bits per heavy atom. The molecule has 3 amide bonds. The number of amides is 3. The number of nitrogens with zero attached hydrogens (tertiary/aromatic N) is 1. The zero-order chi connectivity index (χ0) is 20.5. The molecule has 0 spiro atoms. The van der Waals surface area contributed by atoms with Gasteiger partial charge in [0, 0.05) is 13.0 Å². The molecule has 2 aliphatic rings. The van der Waals surface area contributed by atoms with Crippen LogP contribution < -0.4 is 14.8 Å². The minimum absolute atomic E-state index is 0.0410. The summed E-state index contributed by atoms with van der Waals surface area (Å²) < 4.78 is 11.1. The smallest absolute Gasteiger partial charge is 0.261 e. The topological polar surface area (TPSA) is 84.9 Å². The molecule has 0 saturated heterocycles. The number of aryl methyl sites for hydroxylation is 1. The average molecular weight is 394 g/mol. The predicted octanol–water partition coefficient (Wildman–Crippen LogP) is 2.63. The Balaban J connectivity index is 1.36. The second kappa shape index (κ2) is 7.58. The number of ether oxygens (including phenoxy) is 2. The highest BCUT2D eigenvalue weighted by Crippen LogP contribution is 2.32. The van der Waals surface area contributed by atoms with Gasteiger partial charge in [0.05, 0.1) is 17.2 Å². The van der Waals surface area contributed by atoms with E-state index in [0.29, 0.717) is 35.8 Å². The van der Waals surface area contributed by atoms with E-state index in [1.807, 2.05) is 32.0 Å². The Morgan fingerprint density at radius 1 is 1.03 bits per heavy atom. The molecule has 4 rings (SSSR count). The minimum Gasteiger partial charge on any atom is -0.486 e. The average Bonchev–Trinajstić information content (AvgIpc) is 2.95. The molecule has 0 fully saturated rings. The number of carbonyl (C=O) groups excluding carboxylic acids is 3. The monoisotopic (exact) mass is 394 g/mol. The Labute approximate surface area is 168 Å². The molecular formula is C22H22N2O5. The molecule has 0 unspecified atom stereocenters. The molecule has 2 aromatic carbocycles. The van der Waals surface area contributed by atoms with Crippen molar-refractivity contribution in [1.82, 2.24) is 10.2 Å². The van der Waals surface area contributed by atoms with Crippen LogP contribution in [-0.2, 0) is 4.79 Å². The van der Waals surface area contributed by atoms with Gasteiger partial charge in [0.1, 0.15) is 13.2 Å². The van der Waals surface area contributed by atoms with Crippen LogP contribution in [0, 0.1) is 6.92 Å². The van der Waals surface area contributed by atoms with Crippen molar-refractivity contribution in [3.63, 3.8) is 0 Å². The number of imide groups is 1. The van der Waals surface area contributed by atoms with Gasteiger partial charge in [0.25, 0.3) is 11.8 Å². The molecular weight excluding hydrogens is 372 g/mol. The van der Waals surface area contributed by atoms with Gasteiger partial charge in [-0.05, 0) is 43.7 Å². The van der Waals surface area contributed by atoms with Crippen molar-refractivity contribution in [3.8, 4) is 11.5 Å². The van der Waals surface area contributed by atoms with E-state index in [9.17, 15) is 14.4 Å². The largest absolute Gasteiger partial charge is 0.486 e. The van der Waals surface area contributed by atoms with Gasteiger partial charge >= 0.3 is 0 Å². The van der Waals surface area contributed by atoms with E-state index >= 15 is 0 Å². The van der Waals surface area contributed by atoms with Gasteiger partial charge in [-0.3, -0.25) is 19.3 Å². The summed E-state index contributed by atoms with van der Waals surface area (Å²) in [6.45, 7) is 4.81. The van der Waals surface area contributed by atoms with E-state index in [1.54, 1.807) is 18.2 Å². The van der Waals surface area contributed by atoms with Gasteiger partial charge in [-0.2, -0.15) is 0 Å². The van der Waals surface area contributed by atoms with Gasteiger partial charge in [0.2, 0.25) is 5.91 Å². The maximum atomic E-state index is 12.5. The van der Waals surface area contributed by atoms with Crippen molar-refractivity contribution < 1.29 is 23.9 Å². The molecule has 29 heavy (non-hydrogen) atoms. The highest BCUT2D eigenvalue weighted by atomic mass is 16.6. The van der Waals surface area contributed by atoms with E-state index in [1.165, 1.54) is 0 Å². The van der Waals surface area contributed by atoms with Crippen molar-refractivity contribution in [2.45, 2.75) is 26.3 Å².